The maximum atomic E-state index is 14.9. The Morgan fingerprint density at radius 1 is 1.12 bits per heavy atom. The number of nitrogens with zero attached hydrogens (tertiary/aromatic N) is 3. The van der Waals surface area contributed by atoms with E-state index in [4.69, 9.17) is 4.74 Å². The van der Waals surface area contributed by atoms with E-state index >= 15 is 0 Å². The molecular weight excluding hydrogens is 530 g/mol. The van der Waals surface area contributed by atoms with E-state index in [1.165, 1.54) is 0 Å². The number of fused-ring (bicyclic) bond motifs is 1. The number of hydrogen-bond acceptors (Lipinski definition) is 5. The highest BCUT2D eigenvalue weighted by molar-refractivity contribution is 5.99. The number of amides is 3. The summed E-state index contributed by atoms with van der Waals surface area (Å²) >= 11 is 0. The molecule has 4 fully saturated rings. The van der Waals surface area contributed by atoms with Crippen LogP contribution >= 0.6 is 0 Å². The Balaban J connectivity index is 1.62. The third-order valence-electron chi connectivity index (χ3n) is 10.6. The molecule has 2 bridgehead atoms. The fraction of sp³-hybridized carbons (Fsp3) is 0.618. The number of benzene rings is 1. The summed E-state index contributed by atoms with van der Waals surface area (Å²) in [6.45, 7) is 12.2. The summed E-state index contributed by atoms with van der Waals surface area (Å²) in [4.78, 5) is 48.8. The quantitative estimate of drug-likeness (QED) is 0.406. The molecule has 228 valence electrons. The summed E-state index contributed by atoms with van der Waals surface area (Å²) < 4.78 is 6.95. The summed E-state index contributed by atoms with van der Waals surface area (Å²) in [6.07, 6.45) is 9.39. The average molecular weight is 578 g/mol. The van der Waals surface area contributed by atoms with E-state index in [0.29, 0.717) is 25.9 Å². The summed E-state index contributed by atoms with van der Waals surface area (Å²) in [7, 11) is 1.72. The van der Waals surface area contributed by atoms with Crippen molar-refractivity contribution >= 4 is 17.7 Å². The van der Waals surface area contributed by atoms with E-state index in [1.807, 2.05) is 42.2 Å². The predicted octanol–water partition coefficient (Wildman–Crippen LogP) is 3.59. The minimum Gasteiger partial charge on any atom is -0.394 e. The third-order valence-corrected chi connectivity index (χ3v) is 10.6. The Morgan fingerprint density at radius 3 is 2.40 bits per heavy atom. The van der Waals surface area contributed by atoms with Gasteiger partial charge in [0.1, 0.15) is 11.6 Å². The van der Waals surface area contributed by atoms with Crippen LogP contribution in [0.25, 0.3) is 0 Å². The number of likely N-dealkylation sites (N-methyl/N-ethyl adjacent to an activating group) is 1. The van der Waals surface area contributed by atoms with Crippen LogP contribution in [-0.4, -0.2) is 93.6 Å². The molecule has 1 spiro atoms. The maximum Gasteiger partial charge on any atom is 0.248 e. The zero-order valence-corrected chi connectivity index (χ0v) is 25.4. The smallest absolute Gasteiger partial charge is 0.248 e. The molecule has 0 aromatic heterocycles. The number of hydrogen-bond donors (Lipinski definition) is 1. The van der Waals surface area contributed by atoms with Crippen molar-refractivity contribution in [2.24, 2.45) is 17.8 Å². The SMILES string of the molecule is C=CCN(C)C(=O)[C@H]1[C@H]2C(=O)N([C@@H](CO)Cc3ccccc3)C(C(=O)N(CC=C)C3CCCCC3)C23CC(C)[C@]1(C)O3. The molecule has 3 aliphatic heterocycles. The second-order valence-electron chi connectivity index (χ2n) is 13.1. The van der Waals surface area contributed by atoms with Crippen LogP contribution in [0, 0.1) is 17.8 Å². The number of carbonyl (C=O) groups is 3. The van der Waals surface area contributed by atoms with E-state index in [0.717, 1.165) is 37.7 Å². The molecule has 7 atom stereocenters. The molecule has 8 heteroatoms. The van der Waals surface area contributed by atoms with Crippen LogP contribution in [0.5, 0.6) is 0 Å². The standard InChI is InChI=1S/C34H47N3O5/c1-6-18-35(5)30(39)27-28-31(40)37(26(22-38)20-24-14-10-8-11-15-24)29(34(28)21-23(3)33(27,4)42-34)32(41)36(19-7-2)25-16-12-9-13-17-25/h6-8,10-11,14-15,23,25-29,38H,1-2,9,12-13,16-22H2,3-5H3/t23?,26-,27-,28+,29?,33+,34?/m1/s1. The van der Waals surface area contributed by atoms with E-state index in [1.54, 1.807) is 29.0 Å². The van der Waals surface area contributed by atoms with Crippen LogP contribution in [0.3, 0.4) is 0 Å². The maximum absolute atomic E-state index is 14.9. The van der Waals surface area contributed by atoms with Crippen LogP contribution in [0.2, 0.25) is 0 Å². The van der Waals surface area contributed by atoms with Gasteiger partial charge in [-0.1, -0.05) is 68.7 Å². The number of aliphatic hydroxyl groups excluding tert-OH is 1. The highest BCUT2D eigenvalue weighted by Crippen LogP contribution is 2.66. The van der Waals surface area contributed by atoms with Crippen molar-refractivity contribution < 1.29 is 24.2 Å². The highest BCUT2D eigenvalue weighted by Gasteiger charge is 2.80. The molecule has 3 saturated heterocycles. The first kappa shape index (κ1) is 30.5. The van der Waals surface area contributed by atoms with Gasteiger partial charge in [0.05, 0.1) is 30.1 Å². The first-order valence-corrected chi connectivity index (χ1v) is 15.6. The van der Waals surface area contributed by atoms with Gasteiger partial charge in [0, 0.05) is 26.2 Å². The van der Waals surface area contributed by atoms with Crippen LogP contribution in [0.15, 0.2) is 55.6 Å². The van der Waals surface area contributed by atoms with Crippen molar-refractivity contribution in [3.63, 3.8) is 0 Å². The van der Waals surface area contributed by atoms with Crippen molar-refractivity contribution in [3.05, 3.63) is 61.2 Å². The van der Waals surface area contributed by atoms with Crippen LogP contribution in [0.4, 0.5) is 0 Å². The number of ether oxygens (including phenoxy) is 1. The topological polar surface area (TPSA) is 90.4 Å². The molecule has 1 aromatic carbocycles. The Hall–Kier alpha value is -2.97. The molecular formula is C34H47N3O5. The predicted molar refractivity (Wildman–Crippen MR) is 161 cm³/mol. The van der Waals surface area contributed by atoms with Gasteiger partial charge in [-0.05, 0) is 44.1 Å². The first-order chi connectivity index (χ1) is 20.1. The fourth-order valence-electron chi connectivity index (χ4n) is 8.49. The Morgan fingerprint density at radius 2 is 1.79 bits per heavy atom. The van der Waals surface area contributed by atoms with Gasteiger partial charge in [-0.25, -0.2) is 0 Å². The third kappa shape index (κ3) is 4.80. The lowest BCUT2D eigenvalue weighted by Gasteiger charge is -2.42. The van der Waals surface area contributed by atoms with Crippen molar-refractivity contribution in [1.29, 1.82) is 0 Å². The van der Waals surface area contributed by atoms with E-state index in [9.17, 15) is 19.5 Å². The Labute approximate surface area is 250 Å². The largest absolute Gasteiger partial charge is 0.394 e. The first-order valence-electron chi connectivity index (χ1n) is 15.6. The minimum absolute atomic E-state index is 0.0490. The summed E-state index contributed by atoms with van der Waals surface area (Å²) in [5, 5.41) is 10.8. The summed E-state index contributed by atoms with van der Waals surface area (Å²) in [5.41, 5.74) is -1.08. The zero-order chi connectivity index (χ0) is 30.2. The molecule has 8 nitrogen and oxygen atoms in total. The van der Waals surface area contributed by atoms with Gasteiger partial charge in [0.15, 0.2) is 0 Å². The minimum atomic E-state index is -1.16. The lowest BCUT2D eigenvalue weighted by molar-refractivity contribution is -0.158. The Kier molecular flexibility index (Phi) is 8.68. The normalized spacial score (nSPS) is 32.9. The summed E-state index contributed by atoms with van der Waals surface area (Å²) in [6, 6.07) is 8.19. The van der Waals surface area contributed by atoms with E-state index in [2.05, 4.69) is 20.1 Å². The van der Waals surface area contributed by atoms with Crippen molar-refractivity contribution in [2.75, 3.05) is 26.7 Å². The molecule has 3 heterocycles. The number of aliphatic hydroxyl groups is 1. The highest BCUT2D eigenvalue weighted by atomic mass is 16.5. The fourth-order valence-corrected chi connectivity index (χ4v) is 8.49. The van der Waals surface area contributed by atoms with Crippen molar-refractivity contribution in [1.82, 2.24) is 14.7 Å². The second kappa shape index (κ2) is 12.0. The molecule has 3 amide bonds. The molecule has 1 aliphatic carbocycles. The number of likely N-dealkylation sites (tertiary alicyclic amines) is 1. The van der Waals surface area contributed by atoms with Crippen LogP contribution in [0.1, 0.15) is 57.9 Å². The molecule has 1 N–H and O–H groups in total. The summed E-state index contributed by atoms with van der Waals surface area (Å²) in [5.74, 6) is -2.20. The molecule has 5 rings (SSSR count). The molecule has 42 heavy (non-hydrogen) atoms. The van der Waals surface area contributed by atoms with Gasteiger partial charge in [-0.15, -0.1) is 13.2 Å². The lowest BCUT2D eigenvalue weighted by atomic mass is 9.62. The molecule has 4 aliphatic rings. The van der Waals surface area contributed by atoms with Crippen molar-refractivity contribution in [3.8, 4) is 0 Å². The average Bonchev–Trinajstić information content (AvgIpc) is 3.51. The van der Waals surface area contributed by atoms with E-state index < -0.39 is 35.1 Å². The molecule has 3 unspecified atom stereocenters. The van der Waals surface area contributed by atoms with Gasteiger partial charge in [-0.2, -0.15) is 0 Å². The molecule has 0 radical (unpaired) electrons. The lowest BCUT2D eigenvalue weighted by Crippen LogP contribution is -2.60. The van der Waals surface area contributed by atoms with Gasteiger partial charge in [-0.3, -0.25) is 14.4 Å². The van der Waals surface area contributed by atoms with Gasteiger partial charge < -0.3 is 24.5 Å². The van der Waals surface area contributed by atoms with E-state index in [-0.39, 0.29) is 36.3 Å². The van der Waals surface area contributed by atoms with Crippen LogP contribution in [-0.2, 0) is 25.5 Å². The zero-order valence-electron chi connectivity index (χ0n) is 25.4. The Bertz CT molecular complexity index is 1200. The van der Waals surface area contributed by atoms with Gasteiger partial charge in [0.25, 0.3) is 0 Å². The molecule has 1 saturated carbocycles. The van der Waals surface area contributed by atoms with Crippen molar-refractivity contribution in [2.45, 2.75) is 88.1 Å². The van der Waals surface area contributed by atoms with Gasteiger partial charge >= 0.3 is 0 Å². The van der Waals surface area contributed by atoms with Gasteiger partial charge in [0.2, 0.25) is 17.7 Å². The number of carbonyl (C=O) groups excluding carboxylic acids is 3. The monoisotopic (exact) mass is 577 g/mol. The second-order valence-corrected chi connectivity index (χ2v) is 13.1. The molecule has 1 aromatic rings. The van der Waals surface area contributed by atoms with Crippen LogP contribution < -0.4 is 0 Å². The number of rotatable bonds is 11.